The molecule has 0 rings (SSSR count). The molecule has 0 aromatic rings. The molecule has 108 valence electrons. The molecule has 0 aliphatic rings. The van der Waals surface area contributed by atoms with Gasteiger partial charge in [-0.15, -0.1) is 0 Å². The van der Waals surface area contributed by atoms with Crippen molar-refractivity contribution in [1.29, 1.82) is 0 Å². The van der Waals surface area contributed by atoms with Gasteiger partial charge in [-0.1, -0.05) is 31.1 Å². The van der Waals surface area contributed by atoms with E-state index in [-0.39, 0.29) is 5.92 Å². The van der Waals surface area contributed by atoms with Crippen LogP contribution in [0.5, 0.6) is 0 Å². The Hall–Kier alpha value is -1.38. The molecule has 1 amide bonds. The SMILES string of the molecule is CCC(C)C(=O)CCC(C)=CCCC(C)=CC(N)=O. The minimum absolute atomic E-state index is 0.175. The Morgan fingerprint density at radius 3 is 2.26 bits per heavy atom. The van der Waals surface area contributed by atoms with Gasteiger partial charge in [-0.25, -0.2) is 0 Å². The first-order valence-corrected chi connectivity index (χ1v) is 7.01. The molecule has 0 aromatic heterocycles. The lowest BCUT2D eigenvalue weighted by molar-refractivity contribution is -0.122. The molecule has 2 N–H and O–H groups in total. The summed E-state index contributed by atoms with van der Waals surface area (Å²) < 4.78 is 0. The molecule has 1 unspecified atom stereocenters. The highest BCUT2D eigenvalue weighted by Gasteiger charge is 2.09. The van der Waals surface area contributed by atoms with Crippen molar-refractivity contribution < 1.29 is 9.59 Å². The van der Waals surface area contributed by atoms with Crippen molar-refractivity contribution >= 4 is 11.7 Å². The highest BCUT2D eigenvalue weighted by molar-refractivity contribution is 5.86. The van der Waals surface area contributed by atoms with Crippen molar-refractivity contribution in [3.05, 3.63) is 23.3 Å². The molecule has 0 radical (unpaired) electrons. The van der Waals surface area contributed by atoms with Crippen molar-refractivity contribution in [1.82, 2.24) is 0 Å². The molecule has 0 spiro atoms. The normalized spacial score (nSPS) is 14.3. The van der Waals surface area contributed by atoms with E-state index in [4.69, 9.17) is 5.73 Å². The van der Waals surface area contributed by atoms with Gasteiger partial charge in [0.15, 0.2) is 0 Å². The van der Waals surface area contributed by atoms with Crippen LogP contribution in [-0.2, 0) is 9.59 Å². The Labute approximate surface area is 116 Å². The largest absolute Gasteiger partial charge is 0.366 e. The molecule has 0 saturated carbocycles. The fourth-order valence-corrected chi connectivity index (χ4v) is 1.76. The van der Waals surface area contributed by atoms with Crippen LogP contribution in [0.25, 0.3) is 0 Å². The van der Waals surface area contributed by atoms with Crippen LogP contribution in [0, 0.1) is 5.92 Å². The lowest BCUT2D eigenvalue weighted by atomic mass is 9.97. The topological polar surface area (TPSA) is 60.2 Å². The maximum Gasteiger partial charge on any atom is 0.241 e. The summed E-state index contributed by atoms with van der Waals surface area (Å²) in [5, 5.41) is 0. The summed E-state index contributed by atoms with van der Waals surface area (Å²) in [7, 11) is 0. The van der Waals surface area contributed by atoms with Crippen molar-refractivity contribution in [2.45, 2.75) is 59.8 Å². The fourth-order valence-electron chi connectivity index (χ4n) is 1.76. The molecule has 0 aliphatic heterocycles. The quantitative estimate of drug-likeness (QED) is 0.512. The third-order valence-electron chi connectivity index (χ3n) is 3.35. The highest BCUT2D eigenvalue weighted by atomic mass is 16.1. The number of hydrogen-bond acceptors (Lipinski definition) is 2. The van der Waals surface area contributed by atoms with Gasteiger partial charge in [0, 0.05) is 18.4 Å². The standard InChI is InChI=1S/C16H27NO2/c1-5-14(4)15(18)10-9-12(2)7-6-8-13(3)11-16(17)19/h7,11,14H,5-6,8-10H2,1-4H3,(H2,17,19). The van der Waals surface area contributed by atoms with Crippen LogP contribution in [0.3, 0.4) is 0 Å². The molecule has 0 aliphatic carbocycles. The Morgan fingerprint density at radius 1 is 1.11 bits per heavy atom. The van der Waals surface area contributed by atoms with Gasteiger partial charge in [0.2, 0.25) is 5.91 Å². The summed E-state index contributed by atoms with van der Waals surface area (Å²) in [5.41, 5.74) is 7.31. The smallest absolute Gasteiger partial charge is 0.241 e. The minimum atomic E-state index is -0.391. The first-order chi connectivity index (χ1) is 8.86. The molecule has 0 saturated heterocycles. The number of ketones is 1. The molecule has 1 atom stereocenters. The van der Waals surface area contributed by atoms with Crippen LogP contribution >= 0.6 is 0 Å². The number of nitrogens with two attached hydrogens (primary N) is 1. The number of amides is 1. The van der Waals surface area contributed by atoms with Gasteiger partial charge in [-0.3, -0.25) is 9.59 Å². The van der Waals surface area contributed by atoms with E-state index in [2.05, 4.69) is 13.0 Å². The zero-order valence-electron chi connectivity index (χ0n) is 12.7. The minimum Gasteiger partial charge on any atom is -0.366 e. The molecular formula is C16H27NO2. The zero-order valence-corrected chi connectivity index (χ0v) is 12.7. The monoisotopic (exact) mass is 265 g/mol. The van der Waals surface area contributed by atoms with E-state index in [0.29, 0.717) is 12.2 Å². The summed E-state index contributed by atoms with van der Waals surface area (Å²) in [6.45, 7) is 7.98. The van der Waals surface area contributed by atoms with Gasteiger partial charge >= 0.3 is 0 Å². The first kappa shape index (κ1) is 17.6. The second-order valence-corrected chi connectivity index (χ2v) is 5.26. The van der Waals surface area contributed by atoms with E-state index in [1.807, 2.05) is 20.8 Å². The summed E-state index contributed by atoms with van der Waals surface area (Å²) in [5.74, 6) is 0.131. The van der Waals surface area contributed by atoms with E-state index >= 15 is 0 Å². The van der Waals surface area contributed by atoms with Gasteiger partial charge < -0.3 is 5.73 Å². The summed E-state index contributed by atoms with van der Waals surface area (Å²) in [4.78, 5) is 22.4. The second kappa shape index (κ2) is 9.54. The van der Waals surface area contributed by atoms with E-state index < -0.39 is 5.91 Å². The summed E-state index contributed by atoms with van der Waals surface area (Å²) in [6.07, 6.45) is 7.71. The molecule has 3 heteroatoms. The molecule has 19 heavy (non-hydrogen) atoms. The number of allylic oxidation sites excluding steroid dienone is 3. The molecule has 3 nitrogen and oxygen atoms in total. The summed E-state index contributed by atoms with van der Waals surface area (Å²) >= 11 is 0. The third kappa shape index (κ3) is 9.23. The zero-order chi connectivity index (χ0) is 14.8. The predicted molar refractivity (Wildman–Crippen MR) is 79.6 cm³/mol. The van der Waals surface area contributed by atoms with E-state index in [9.17, 15) is 9.59 Å². The number of primary amides is 1. The van der Waals surface area contributed by atoms with Gasteiger partial charge in [0.1, 0.15) is 5.78 Å². The molecule has 0 bridgehead atoms. The molecule has 0 heterocycles. The van der Waals surface area contributed by atoms with Crippen molar-refractivity contribution in [2.75, 3.05) is 0 Å². The highest BCUT2D eigenvalue weighted by Crippen LogP contribution is 2.13. The lowest BCUT2D eigenvalue weighted by Gasteiger charge is -2.07. The molecule has 0 aromatic carbocycles. The predicted octanol–water partition coefficient (Wildman–Crippen LogP) is 3.54. The fraction of sp³-hybridized carbons (Fsp3) is 0.625. The summed E-state index contributed by atoms with van der Waals surface area (Å²) in [6, 6.07) is 0. The molecule has 0 fully saturated rings. The lowest BCUT2D eigenvalue weighted by Crippen LogP contribution is -2.09. The number of hydrogen-bond donors (Lipinski definition) is 1. The van der Waals surface area contributed by atoms with E-state index in [1.165, 1.54) is 11.6 Å². The van der Waals surface area contributed by atoms with Crippen LogP contribution in [0.15, 0.2) is 23.3 Å². The van der Waals surface area contributed by atoms with Gasteiger partial charge in [-0.2, -0.15) is 0 Å². The van der Waals surface area contributed by atoms with E-state index in [0.717, 1.165) is 31.3 Å². The van der Waals surface area contributed by atoms with E-state index in [1.54, 1.807) is 0 Å². The van der Waals surface area contributed by atoms with Gasteiger partial charge in [-0.05, 0) is 39.5 Å². The number of rotatable bonds is 9. The Balaban J connectivity index is 4.02. The van der Waals surface area contributed by atoms with Crippen molar-refractivity contribution in [3.63, 3.8) is 0 Å². The van der Waals surface area contributed by atoms with Crippen molar-refractivity contribution in [2.24, 2.45) is 11.7 Å². The van der Waals surface area contributed by atoms with Crippen LogP contribution < -0.4 is 5.73 Å². The number of carbonyl (C=O) groups excluding carboxylic acids is 2. The Kier molecular flexibility index (Phi) is 8.84. The Morgan fingerprint density at radius 2 is 1.74 bits per heavy atom. The van der Waals surface area contributed by atoms with Crippen molar-refractivity contribution in [3.8, 4) is 0 Å². The third-order valence-corrected chi connectivity index (χ3v) is 3.35. The van der Waals surface area contributed by atoms with Gasteiger partial charge in [0.25, 0.3) is 0 Å². The first-order valence-electron chi connectivity index (χ1n) is 7.01. The van der Waals surface area contributed by atoms with Crippen LogP contribution in [0.1, 0.15) is 59.8 Å². The Bertz CT molecular complexity index is 367. The van der Waals surface area contributed by atoms with Crippen LogP contribution in [-0.4, -0.2) is 11.7 Å². The molecular weight excluding hydrogens is 238 g/mol. The van der Waals surface area contributed by atoms with Gasteiger partial charge in [0.05, 0.1) is 0 Å². The number of carbonyl (C=O) groups is 2. The average molecular weight is 265 g/mol. The second-order valence-electron chi connectivity index (χ2n) is 5.26. The number of Topliss-reactive ketones (excluding diaryl/α,β-unsaturated/α-hetero) is 1. The maximum absolute atomic E-state index is 11.7. The van der Waals surface area contributed by atoms with Crippen LogP contribution in [0.4, 0.5) is 0 Å². The maximum atomic E-state index is 11.7. The van der Waals surface area contributed by atoms with Crippen LogP contribution in [0.2, 0.25) is 0 Å². The average Bonchev–Trinajstić information content (AvgIpc) is 2.33.